The van der Waals surface area contributed by atoms with Crippen molar-refractivity contribution in [3.63, 3.8) is 0 Å². The Morgan fingerprint density at radius 2 is 2.33 bits per heavy atom. The predicted octanol–water partition coefficient (Wildman–Crippen LogP) is 2.93. The van der Waals surface area contributed by atoms with Gasteiger partial charge in [0, 0.05) is 11.6 Å². The molecule has 0 saturated heterocycles. The Morgan fingerprint density at radius 1 is 1.60 bits per heavy atom. The second kappa shape index (κ2) is 5.82. The number of alkyl halides is 1. The normalized spacial score (nSPS) is 10.0. The number of benzene rings is 1. The Kier molecular flexibility index (Phi) is 4.71. The molecule has 15 heavy (non-hydrogen) atoms. The van der Waals surface area contributed by atoms with E-state index in [9.17, 15) is 10.1 Å². The van der Waals surface area contributed by atoms with Crippen molar-refractivity contribution in [2.24, 2.45) is 0 Å². The maximum atomic E-state index is 10.8. The number of halogens is 1. The highest BCUT2D eigenvalue weighted by Crippen LogP contribution is 2.36. The molecule has 0 atom stereocenters. The largest absolute Gasteiger partial charge is 0.490 e. The van der Waals surface area contributed by atoms with Gasteiger partial charge >= 0.3 is 5.69 Å². The summed E-state index contributed by atoms with van der Waals surface area (Å²) in [6.45, 7) is 0. The van der Waals surface area contributed by atoms with Crippen LogP contribution in [0.2, 0.25) is 0 Å². The van der Waals surface area contributed by atoms with Crippen molar-refractivity contribution < 1.29 is 9.66 Å². The van der Waals surface area contributed by atoms with Crippen LogP contribution in [0, 0.1) is 10.1 Å². The summed E-state index contributed by atoms with van der Waals surface area (Å²) in [6, 6.07) is 4.99. The van der Waals surface area contributed by atoms with Crippen molar-refractivity contribution in [3.05, 3.63) is 28.3 Å². The van der Waals surface area contributed by atoms with Gasteiger partial charge in [-0.2, -0.15) is 0 Å². The number of ether oxygens (including phenoxy) is 1. The Balaban J connectivity index is 3.07. The molecule has 1 aromatic rings. The van der Waals surface area contributed by atoms with Gasteiger partial charge in [0.1, 0.15) is 0 Å². The van der Waals surface area contributed by atoms with Crippen LogP contribution >= 0.6 is 23.4 Å². The molecule has 0 radical (unpaired) electrons. The van der Waals surface area contributed by atoms with Gasteiger partial charge in [0.05, 0.1) is 16.9 Å². The third-order valence-electron chi connectivity index (χ3n) is 1.70. The molecule has 0 saturated carbocycles. The summed E-state index contributed by atoms with van der Waals surface area (Å²) in [5, 5.41) is 10.8. The molecule has 0 spiro atoms. The first-order valence-electron chi connectivity index (χ1n) is 4.21. The number of hydrogen-bond acceptors (Lipinski definition) is 4. The number of nitro benzene ring substituents is 1. The van der Waals surface area contributed by atoms with Crippen molar-refractivity contribution in [2.45, 2.75) is 4.90 Å². The average Bonchev–Trinajstić information content (AvgIpc) is 2.25. The first kappa shape index (κ1) is 12.1. The van der Waals surface area contributed by atoms with Gasteiger partial charge < -0.3 is 4.74 Å². The Labute approximate surface area is 96.7 Å². The first-order valence-corrected chi connectivity index (χ1v) is 5.73. The third-order valence-corrected chi connectivity index (χ3v) is 3.16. The minimum Gasteiger partial charge on any atom is -0.490 e. The van der Waals surface area contributed by atoms with Gasteiger partial charge in [0.25, 0.3) is 0 Å². The standard InChI is InChI=1S/C9H10ClNO3S/c1-14-7-3-2-4-8(15-6-5-10)9(7)11(12)13/h2-4H,5-6H2,1H3. The van der Waals surface area contributed by atoms with Crippen LogP contribution in [0.25, 0.3) is 0 Å². The van der Waals surface area contributed by atoms with Crippen molar-refractivity contribution in [1.29, 1.82) is 0 Å². The molecule has 1 rings (SSSR count). The Hall–Kier alpha value is -0.940. The highest BCUT2D eigenvalue weighted by Gasteiger charge is 2.20. The molecule has 0 aliphatic rings. The predicted molar refractivity (Wildman–Crippen MR) is 61.1 cm³/mol. The van der Waals surface area contributed by atoms with Crippen LogP contribution in [0.15, 0.2) is 23.1 Å². The summed E-state index contributed by atoms with van der Waals surface area (Å²) in [6.07, 6.45) is 0. The molecule has 0 amide bonds. The lowest BCUT2D eigenvalue weighted by Crippen LogP contribution is -1.96. The number of thioether (sulfide) groups is 1. The van der Waals surface area contributed by atoms with Crippen LogP contribution in [0.5, 0.6) is 5.75 Å². The lowest BCUT2D eigenvalue weighted by molar-refractivity contribution is -0.388. The minimum absolute atomic E-state index is 0.00937. The summed E-state index contributed by atoms with van der Waals surface area (Å²) in [5.74, 6) is 1.37. The number of methoxy groups -OCH3 is 1. The smallest absolute Gasteiger partial charge is 0.324 e. The van der Waals surface area contributed by atoms with E-state index in [-0.39, 0.29) is 11.4 Å². The maximum absolute atomic E-state index is 10.8. The first-order chi connectivity index (χ1) is 7.20. The molecule has 0 unspecified atom stereocenters. The molecule has 0 aliphatic carbocycles. The molecule has 0 N–H and O–H groups in total. The molecule has 82 valence electrons. The lowest BCUT2D eigenvalue weighted by Gasteiger charge is -2.05. The minimum atomic E-state index is -0.435. The fraction of sp³-hybridized carbons (Fsp3) is 0.333. The molecule has 0 bridgehead atoms. The van der Waals surface area contributed by atoms with E-state index in [0.29, 0.717) is 16.5 Å². The molecule has 0 fully saturated rings. The SMILES string of the molecule is COc1cccc(SCCCl)c1[N+](=O)[O-]. The summed E-state index contributed by atoms with van der Waals surface area (Å²) >= 11 is 6.89. The molecule has 4 nitrogen and oxygen atoms in total. The van der Waals surface area contributed by atoms with Gasteiger partial charge in [-0.25, -0.2) is 0 Å². The molecule has 0 aliphatic heterocycles. The fourth-order valence-corrected chi connectivity index (χ4v) is 2.13. The number of rotatable bonds is 5. The molecule has 1 aromatic carbocycles. The van der Waals surface area contributed by atoms with Gasteiger partial charge in [0.15, 0.2) is 5.75 Å². The van der Waals surface area contributed by atoms with Gasteiger partial charge in [-0.1, -0.05) is 6.07 Å². The second-order valence-corrected chi connectivity index (χ2v) is 4.12. The second-order valence-electron chi connectivity index (χ2n) is 2.60. The van der Waals surface area contributed by atoms with E-state index in [1.807, 2.05) is 0 Å². The maximum Gasteiger partial charge on any atom is 0.324 e. The van der Waals surface area contributed by atoms with E-state index in [1.54, 1.807) is 18.2 Å². The summed E-state index contributed by atoms with van der Waals surface area (Å²) < 4.78 is 4.94. The van der Waals surface area contributed by atoms with Crippen LogP contribution in [-0.2, 0) is 0 Å². The number of para-hydroxylation sites is 1. The van der Waals surface area contributed by atoms with E-state index in [1.165, 1.54) is 18.9 Å². The Bertz CT molecular complexity index is 359. The third kappa shape index (κ3) is 3.00. The van der Waals surface area contributed by atoms with E-state index in [4.69, 9.17) is 16.3 Å². The number of nitrogens with zero attached hydrogens (tertiary/aromatic N) is 1. The van der Waals surface area contributed by atoms with E-state index < -0.39 is 4.92 Å². The van der Waals surface area contributed by atoms with Crippen molar-refractivity contribution in [2.75, 3.05) is 18.7 Å². The van der Waals surface area contributed by atoms with Crippen LogP contribution < -0.4 is 4.74 Å². The zero-order valence-electron chi connectivity index (χ0n) is 8.10. The van der Waals surface area contributed by atoms with Gasteiger partial charge in [-0.05, 0) is 12.1 Å². The molecular weight excluding hydrogens is 238 g/mol. The Morgan fingerprint density at radius 3 is 2.87 bits per heavy atom. The number of nitro groups is 1. The summed E-state index contributed by atoms with van der Waals surface area (Å²) in [7, 11) is 1.42. The molecule has 6 heteroatoms. The fourth-order valence-electron chi connectivity index (χ4n) is 1.11. The highest BCUT2D eigenvalue weighted by atomic mass is 35.5. The van der Waals surface area contributed by atoms with Crippen LogP contribution in [0.3, 0.4) is 0 Å². The molecular formula is C9H10ClNO3S. The van der Waals surface area contributed by atoms with Crippen LogP contribution in [-0.4, -0.2) is 23.7 Å². The monoisotopic (exact) mass is 247 g/mol. The van der Waals surface area contributed by atoms with E-state index in [0.717, 1.165) is 0 Å². The molecule has 0 aromatic heterocycles. The van der Waals surface area contributed by atoms with Gasteiger partial charge in [-0.15, -0.1) is 23.4 Å². The van der Waals surface area contributed by atoms with Crippen molar-refractivity contribution in [3.8, 4) is 5.75 Å². The zero-order chi connectivity index (χ0) is 11.3. The molecule has 0 heterocycles. The van der Waals surface area contributed by atoms with Gasteiger partial charge in [0.2, 0.25) is 0 Å². The van der Waals surface area contributed by atoms with Crippen LogP contribution in [0.1, 0.15) is 0 Å². The van der Waals surface area contributed by atoms with Crippen molar-refractivity contribution >= 4 is 29.1 Å². The zero-order valence-corrected chi connectivity index (χ0v) is 9.68. The average molecular weight is 248 g/mol. The lowest BCUT2D eigenvalue weighted by atomic mass is 10.3. The van der Waals surface area contributed by atoms with Crippen molar-refractivity contribution in [1.82, 2.24) is 0 Å². The summed E-state index contributed by atoms with van der Waals surface area (Å²) in [5.41, 5.74) is 0.00937. The topological polar surface area (TPSA) is 52.4 Å². The van der Waals surface area contributed by atoms with E-state index in [2.05, 4.69) is 0 Å². The van der Waals surface area contributed by atoms with Gasteiger partial charge in [-0.3, -0.25) is 10.1 Å². The van der Waals surface area contributed by atoms with Crippen LogP contribution in [0.4, 0.5) is 5.69 Å². The van der Waals surface area contributed by atoms with E-state index >= 15 is 0 Å². The summed E-state index contributed by atoms with van der Waals surface area (Å²) in [4.78, 5) is 11.0. The highest BCUT2D eigenvalue weighted by molar-refractivity contribution is 7.99. The quantitative estimate of drug-likeness (QED) is 0.347. The number of hydrogen-bond donors (Lipinski definition) is 0.